The number of aryl methyl sites for hydroxylation is 2. The van der Waals surface area contributed by atoms with Crippen LogP contribution in [0.15, 0.2) is 0 Å². The second-order valence-corrected chi connectivity index (χ2v) is 2.55. The van der Waals surface area contributed by atoms with E-state index in [-0.39, 0.29) is 12.4 Å². The van der Waals surface area contributed by atoms with Gasteiger partial charge in [-0.05, 0) is 13.8 Å². The van der Waals surface area contributed by atoms with Crippen molar-refractivity contribution in [2.75, 3.05) is 5.73 Å². The number of nitrogens with two attached hydrogens (primary N) is 1. The average Bonchev–Trinajstić information content (AvgIpc) is 2.37. The number of halogens is 1. The molecule has 0 spiro atoms. The molecule has 0 radical (unpaired) electrons. The maximum Gasteiger partial charge on any atom is 0.179 e. The Morgan fingerprint density at radius 3 is 2.58 bits per heavy atom. The van der Waals surface area contributed by atoms with Gasteiger partial charge in [-0.25, -0.2) is 0 Å². The second kappa shape index (κ2) is 2.67. The number of aromatic amines is 1. The molecular formula is C6H10ClN5. The Kier molecular flexibility index (Phi) is 1.97. The van der Waals surface area contributed by atoms with Gasteiger partial charge in [0.1, 0.15) is 11.5 Å². The van der Waals surface area contributed by atoms with Crippen molar-refractivity contribution < 1.29 is 0 Å². The van der Waals surface area contributed by atoms with E-state index >= 15 is 0 Å². The van der Waals surface area contributed by atoms with Crippen LogP contribution in [0, 0.1) is 13.8 Å². The van der Waals surface area contributed by atoms with Crippen LogP contribution in [-0.2, 0) is 0 Å². The fourth-order valence-corrected chi connectivity index (χ4v) is 1.05. The van der Waals surface area contributed by atoms with Crippen LogP contribution in [0.4, 0.5) is 5.69 Å². The van der Waals surface area contributed by atoms with Crippen LogP contribution >= 0.6 is 12.4 Å². The van der Waals surface area contributed by atoms with E-state index in [1.807, 2.05) is 13.8 Å². The fraction of sp³-hybridized carbons (Fsp3) is 0.333. The number of anilines is 1. The van der Waals surface area contributed by atoms with Gasteiger partial charge in [0, 0.05) is 0 Å². The first kappa shape index (κ1) is 8.86. The largest absolute Gasteiger partial charge is 0.394 e. The number of H-pyrrole nitrogens is 1. The van der Waals surface area contributed by atoms with E-state index in [1.165, 1.54) is 4.63 Å². The van der Waals surface area contributed by atoms with Crippen molar-refractivity contribution in [2.45, 2.75) is 13.8 Å². The zero-order chi connectivity index (χ0) is 8.01. The highest BCUT2D eigenvalue weighted by Gasteiger charge is 2.07. The first-order valence-electron chi connectivity index (χ1n) is 3.36. The summed E-state index contributed by atoms with van der Waals surface area (Å²) in [7, 11) is 0. The lowest BCUT2D eigenvalue weighted by molar-refractivity contribution is 0.793. The maximum absolute atomic E-state index is 5.70. The van der Waals surface area contributed by atoms with Crippen LogP contribution < -0.4 is 5.73 Å². The van der Waals surface area contributed by atoms with Crippen LogP contribution in [0.2, 0.25) is 0 Å². The zero-order valence-corrected chi connectivity index (χ0v) is 7.64. The highest BCUT2D eigenvalue weighted by Crippen LogP contribution is 2.14. The van der Waals surface area contributed by atoms with E-state index in [2.05, 4.69) is 15.2 Å². The predicted molar refractivity (Wildman–Crippen MR) is 48.5 cm³/mol. The Balaban J connectivity index is 0.000000720. The quantitative estimate of drug-likeness (QED) is 0.637. The Labute approximate surface area is 75.4 Å². The molecule has 5 nitrogen and oxygen atoms in total. The summed E-state index contributed by atoms with van der Waals surface area (Å²) < 4.78 is 1.51. The molecule has 0 unspecified atom stereocenters. The molecule has 0 aliphatic carbocycles. The van der Waals surface area contributed by atoms with Gasteiger partial charge in [0.05, 0.1) is 5.69 Å². The Bertz CT molecular complexity index is 401. The molecule has 2 rings (SSSR count). The third-order valence-electron chi connectivity index (χ3n) is 1.63. The predicted octanol–water partition coefficient (Wildman–Crippen LogP) is 0.678. The smallest absolute Gasteiger partial charge is 0.179 e. The number of rotatable bonds is 0. The van der Waals surface area contributed by atoms with Gasteiger partial charge in [-0.3, -0.25) is 0 Å². The molecule has 6 heteroatoms. The zero-order valence-electron chi connectivity index (χ0n) is 6.83. The van der Waals surface area contributed by atoms with Crippen LogP contribution in [0.1, 0.15) is 11.5 Å². The summed E-state index contributed by atoms with van der Waals surface area (Å²) in [5.74, 6) is 0.819. The van der Waals surface area contributed by atoms with Gasteiger partial charge < -0.3 is 10.7 Å². The number of nitrogens with one attached hydrogen (secondary N) is 1. The van der Waals surface area contributed by atoms with Crippen molar-refractivity contribution in [3.63, 3.8) is 0 Å². The molecule has 3 N–H and O–H groups in total. The van der Waals surface area contributed by atoms with Crippen molar-refractivity contribution in [1.29, 1.82) is 0 Å². The molecule has 12 heavy (non-hydrogen) atoms. The van der Waals surface area contributed by atoms with E-state index in [1.54, 1.807) is 0 Å². The minimum atomic E-state index is 0. The molecule has 2 aromatic heterocycles. The molecule has 2 heterocycles. The number of aromatic nitrogens is 4. The average molecular weight is 188 g/mol. The molecule has 0 bridgehead atoms. The van der Waals surface area contributed by atoms with Gasteiger partial charge in [0.25, 0.3) is 0 Å². The third-order valence-corrected chi connectivity index (χ3v) is 1.63. The summed E-state index contributed by atoms with van der Waals surface area (Å²) in [5.41, 5.74) is 7.96. The number of fused-ring (bicyclic) bond motifs is 1. The number of hydrogen-bond acceptors (Lipinski definition) is 3. The molecule has 2 aromatic rings. The summed E-state index contributed by atoms with van der Waals surface area (Å²) in [4.78, 5) is 3.01. The number of nitrogen functional groups attached to an aromatic ring is 1. The Morgan fingerprint density at radius 2 is 2.00 bits per heavy atom. The van der Waals surface area contributed by atoms with Gasteiger partial charge in [0.15, 0.2) is 5.65 Å². The molecule has 0 saturated carbocycles. The molecule has 0 aliphatic heterocycles. The molecule has 0 fully saturated rings. The lowest BCUT2D eigenvalue weighted by Gasteiger charge is -1.83. The minimum absolute atomic E-state index is 0. The van der Waals surface area contributed by atoms with E-state index in [0.717, 1.165) is 17.2 Å². The number of nitrogens with zero attached hydrogens (tertiary/aromatic N) is 3. The van der Waals surface area contributed by atoms with E-state index in [4.69, 9.17) is 5.73 Å². The van der Waals surface area contributed by atoms with Crippen LogP contribution in [0.5, 0.6) is 0 Å². The fourth-order valence-electron chi connectivity index (χ4n) is 1.05. The lowest BCUT2D eigenvalue weighted by Crippen LogP contribution is -1.87. The van der Waals surface area contributed by atoms with Crippen molar-refractivity contribution in [3.8, 4) is 0 Å². The van der Waals surface area contributed by atoms with Crippen LogP contribution in [0.25, 0.3) is 5.65 Å². The summed E-state index contributed by atoms with van der Waals surface area (Å²) in [6.45, 7) is 3.72. The van der Waals surface area contributed by atoms with Crippen molar-refractivity contribution in [1.82, 2.24) is 19.8 Å². The molecular weight excluding hydrogens is 178 g/mol. The summed E-state index contributed by atoms with van der Waals surface area (Å²) in [6.07, 6.45) is 0. The van der Waals surface area contributed by atoms with Gasteiger partial charge >= 0.3 is 0 Å². The monoisotopic (exact) mass is 187 g/mol. The molecule has 0 amide bonds. The third kappa shape index (κ3) is 1.02. The molecule has 0 aromatic carbocycles. The molecule has 0 atom stereocenters. The molecule has 0 saturated heterocycles. The van der Waals surface area contributed by atoms with Gasteiger partial charge in [-0.2, -0.15) is 5.10 Å². The van der Waals surface area contributed by atoms with Crippen LogP contribution in [0.3, 0.4) is 0 Å². The Hall–Kier alpha value is -1.23. The van der Waals surface area contributed by atoms with Gasteiger partial charge in [0.2, 0.25) is 0 Å². The SMILES string of the molecule is Cc1nn2nc(C)c(N)c2[nH]1.Cl. The summed E-state index contributed by atoms with van der Waals surface area (Å²) >= 11 is 0. The maximum atomic E-state index is 5.70. The standard InChI is InChI=1S/C6H9N5.ClH/c1-3-5(7)6-8-4(2)10-11(6)9-3;/h7H2,1-2H3,(H,8,10);1H. The number of hydrogen-bond donors (Lipinski definition) is 2. The highest BCUT2D eigenvalue weighted by molar-refractivity contribution is 5.85. The first-order chi connectivity index (χ1) is 5.18. The van der Waals surface area contributed by atoms with E-state index in [9.17, 15) is 0 Å². The van der Waals surface area contributed by atoms with Crippen molar-refractivity contribution >= 4 is 23.7 Å². The normalized spacial score (nSPS) is 10.2. The van der Waals surface area contributed by atoms with E-state index in [0.29, 0.717) is 5.69 Å². The summed E-state index contributed by atoms with van der Waals surface area (Å²) in [5, 5.41) is 8.15. The van der Waals surface area contributed by atoms with Crippen molar-refractivity contribution in [2.24, 2.45) is 0 Å². The van der Waals surface area contributed by atoms with Gasteiger partial charge in [-0.15, -0.1) is 22.1 Å². The first-order valence-corrected chi connectivity index (χ1v) is 3.36. The lowest BCUT2D eigenvalue weighted by atomic mass is 10.4. The molecule has 66 valence electrons. The topological polar surface area (TPSA) is 72.0 Å². The minimum Gasteiger partial charge on any atom is -0.394 e. The van der Waals surface area contributed by atoms with Gasteiger partial charge in [-0.1, -0.05) is 0 Å². The highest BCUT2D eigenvalue weighted by atomic mass is 35.5. The van der Waals surface area contributed by atoms with E-state index < -0.39 is 0 Å². The molecule has 0 aliphatic rings. The van der Waals surface area contributed by atoms with Crippen molar-refractivity contribution in [3.05, 3.63) is 11.5 Å². The Morgan fingerprint density at radius 1 is 1.33 bits per heavy atom. The second-order valence-electron chi connectivity index (χ2n) is 2.55. The van der Waals surface area contributed by atoms with Crippen LogP contribution in [-0.4, -0.2) is 19.8 Å². The summed E-state index contributed by atoms with van der Waals surface area (Å²) in [6, 6.07) is 0.